The molecule has 0 amide bonds. The summed E-state index contributed by atoms with van der Waals surface area (Å²) in [6.07, 6.45) is 5.35. The van der Waals surface area contributed by atoms with Crippen LogP contribution in [0.4, 0.5) is 10.1 Å². The highest BCUT2D eigenvalue weighted by atomic mass is 19.1. The van der Waals surface area contributed by atoms with E-state index in [0.717, 1.165) is 32.1 Å². The van der Waals surface area contributed by atoms with Crippen molar-refractivity contribution in [3.05, 3.63) is 39.7 Å². The van der Waals surface area contributed by atoms with Gasteiger partial charge in [-0.3, -0.25) is 10.1 Å². The summed E-state index contributed by atoms with van der Waals surface area (Å²) in [5.74, 6) is -0.738. The minimum Gasteiger partial charge on any atom is -0.325 e. The van der Waals surface area contributed by atoms with Gasteiger partial charge < -0.3 is 5.73 Å². The number of benzene rings is 1. The van der Waals surface area contributed by atoms with Crippen LogP contribution >= 0.6 is 0 Å². The van der Waals surface area contributed by atoms with E-state index < -0.39 is 22.0 Å². The largest absolute Gasteiger partial charge is 0.325 e. The first-order chi connectivity index (χ1) is 8.52. The number of nitro groups is 1. The van der Waals surface area contributed by atoms with Gasteiger partial charge in [-0.1, -0.05) is 31.4 Å². The molecular formula is C13H17FN2O2. The van der Waals surface area contributed by atoms with Gasteiger partial charge in [-0.2, -0.15) is 4.39 Å². The molecule has 98 valence electrons. The molecule has 1 saturated carbocycles. The van der Waals surface area contributed by atoms with Crippen molar-refractivity contribution in [1.82, 2.24) is 0 Å². The van der Waals surface area contributed by atoms with E-state index in [4.69, 9.17) is 5.73 Å². The zero-order valence-electron chi connectivity index (χ0n) is 10.2. The Morgan fingerprint density at radius 1 is 1.33 bits per heavy atom. The Morgan fingerprint density at radius 3 is 2.61 bits per heavy atom. The van der Waals surface area contributed by atoms with E-state index in [1.807, 2.05) is 0 Å². The number of hydrogen-bond acceptors (Lipinski definition) is 3. The van der Waals surface area contributed by atoms with E-state index in [9.17, 15) is 14.5 Å². The lowest BCUT2D eigenvalue weighted by molar-refractivity contribution is -0.387. The molecule has 1 aromatic rings. The SMILES string of the molecule is NC1(Cc2cccc([N+](=O)[O-])c2F)CCCCC1. The lowest BCUT2D eigenvalue weighted by Crippen LogP contribution is -2.44. The third-order valence-electron chi connectivity index (χ3n) is 3.65. The molecule has 4 nitrogen and oxygen atoms in total. The molecule has 18 heavy (non-hydrogen) atoms. The fourth-order valence-corrected chi connectivity index (χ4v) is 2.66. The molecule has 2 N–H and O–H groups in total. The normalized spacial score (nSPS) is 18.6. The van der Waals surface area contributed by atoms with Crippen molar-refractivity contribution in [2.45, 2.75) is 44.1 Å². The molecular weight excluding hydrogens is 235 g/mol. The van der Waals surface area contributed by atoms with Crippen LogP contribution in [0.25, 0.3) is 0 Å². The summed E-state index contributed by atoms with van der Waals surface area (Å²) in [5.41, 5.74) is 5.73. The maximum Gasteiger partial charge on any atom is 0.305 e. The number of nitro benzene ring substituents is 1. The van der Waals surface area contributed by atoms with Gasteiger partial charge in [0.25, 0.3) is 0 Å². The summed E-state index contributed by atoms with van der Waals surface area (Å²) in [7, 11) is 0. The highest BCUT2D eigenvalue weighted by Gasteiger charge is 2.30. The standard InChI is InChI=1S/C13H17FN2O2/c14-12-10(5-4-6-11(12)16(17)18)9-13(15)7-2-1-3-8-13/h4-6H,1-3,7-9,15H2. The van der Waals surface area contributed by atoms with Crippen LogP contribution in [0.2, 0.25) is 0 Å². The molecule has 0 bridgehead atoms. The molecule has 0 unspecified atom stereocenters. The van der Waals surface area contributed by atoms with Gasteiger partial charge in [0.05, 0.1) is 4.92 Å². The molecule has 1 aliphatic rings. The average molecular weight is 252 g/mol. The maximum absolute atomic E-state index is 14.0. The second-order valence-corrected chi connectivity index (χ2v) is 5.11. The van der Waals surface area contributed by atoms with Crippen molar-refractivity contribution < 1.29 is 9.31 Å². The fraction of sp³-hybridized carbons (Fsp3) is 0.538. The maximum atomic E-state index is 14.0. The Labute approximate surface area is 105 Å². The van der Waals surface area contributed by atoms with E-state index >= 15 is 0 Å². The van der Waals surface area contributed by atoms with Gasteiger partial charge in [-0.25, -0.2) is 0 Å². The number of hydrogen-bond donors (Lipinski definition) is 1. The van der Waals surface area contributed by atoms with Gasteiger partial charge in [0.1, 0.15) is 0 Å². The lowest BCUT2D eigenvalue weighted by Gasteiger charge is -2.33. The highest BCUT2D eigenvalue weighted by molar-refractivity contribution is 5.37. The zero-order valence-corrected chi connectivity index (χ0v) is 10.2. The fourth-order valence-electron chi connectivity index (χ4n) is 2.66. The summed E-state index contributed by atoms with van der Waals surface area (Å²) < 4.78 is 14.0. The Bertz CT molecular complexity index is 456. The Balaban J connectivity index is 2.23. The predicted molar refractivity (Wildman–Crippen MR) is 66.8 cm³/mol. The second kappa shape index (κ2) is 5.02. The van der Waals surface area contributed by atoms with Crippen LogP contribution in [-0.4, -0.2) is 10.5 Å². The van der Waals surface area contributed by atoms with Gasteiger partial charge >= 0.3 is 5.69 Å². The number of nitrogens with two attached hydrogens (primary N) is 1. The van der Waals surface area contributed by atoms with E-state index in [1.54, 1.807) is 6.07 Å². The van der Waals surface area contributed by atoms with Gasteiger partial charge in [-0.15, -0.1) is 0 Å². The highest BCUT2D eigenvalue weighted by Crippen LogP contribution is 2.31. The van der Waals surface area contributed by atoms with Crippen molar-refractivity contribution in [3.8, 4) is 0 Å². The molecule has 1 aliphatic carbocycles. The van der Waals surface area contributed by atoms with Crippen LogP contribution in [-0.2, 0) is 6.42 Å². The van der Waals surface area contributed by atoms with Crippen LogP contribution in [0.3, 0.4) is 0 Å². The molecule has 2 rings (SSSR count). The third kappa shape index (κ3) is 2.67. The number of rotatable bonds is 3. The third-order valence-corrected chi connectivity index (χ3v) is 3.65. The van der Waals surface area contributed by atoms with Gasteiger partial charge in [0.2, 0.25) is 5.82 Å². The minimum atomic E-state index is -0.738. The molecule has 0 heterocycles. The summed E-state index contributed by atoms with van der Waals surface area (Å²) >= 11 is 0. The molecule has 5 heteroatoms. The summed E-state index contributed by atoms with van der Waals surface area (Å²) in [6.45, 7) is 0. The molecule has 0 aliphatic heterocycles. The molecule has 0 radical (unpaired) electrons. The second-order valence-electron chi connectivity index (χ2n) is 5.11. The van der Waals surface area contributed by atoms with Gasteiger partial charge in [-0.05, 0) is 24.8 Å². The quantitative estimate of drug-likeness (QED) is 0.664. The summed E-state index contributed by atoms with van der Waals surface area (Å²) in [4.78, 5) is 9.99. The molecule has 0 atom stereocenters. The van der Waals surface area contributed by atoms with Gasteiger partial charge in [0, 0.05) is 11.6 Å². The average Bonchev–Trinajstić information content (AvgIpc) is 2.32. The smallest absolute Gasteiger partial charge is 0.305 e. The molecule has 0 saturated heterocycles. The van der Waals surface area contributed by atoms with Crippen LogP contribution in [0.5, 0.6) is 0 Å². The number of halogens is 1. The van der Waals surface area contributed by atoms with E-state index in [0.29, 0.717) is 12.0 Å². The zero-order chi connectivity index (χ0) is 13.2. The molecule has 1 fully saturated rings. The number of nitrogens with zero attached hydrogens (tertiary/aromatic N) is 1. The van der Waals surface area contributed by atoms with Gasteiger partial charge in [0.15, 0.2) is 0 Å². The van der Waals surface area contributed by atoms with E-state index in [-0.39, 0.29) is 0 Å². The van der Waals surface area contributed by atoms with Crippen LogP contribution < -0.4 is 5.73 Å². The molecule has 0 aromatic heterocycles. The van der Waals surface area contributed by atoms with Crippen molar-refractivity contribution >= 4 is 5.69 Å². The monoisotopic (exact) mass is 252 g/mol. The van der Waals surface area contributed by atoms with Crippen molar-refractivity contribution in [1.29, 1.82) is 0 Å². The van der Waals surface area contributed by atoms with Crippen LogP contribution in [0.15, 0.2) is 18.2 Å². The summed E-state index contributed by atoms with van der Waals surface area (Å²) in [5, 5.41) is 10.7. The van der Waals surface area contributed by atoms with E-state index in [2.05, 4.69) is 0 Å². The van der Waals surface area contributed by atoms with Crippen LogP contribution in [0.1, 0.15) is 37.7 Å². The first-order valence-corrected chi connectivity index (χ1v) is 6.22. The van der Waals surface area contributed by atoms with Crippen molar-refractivity contribution in [3.63, 3.8) is 0 Å². The van der Waals surface area contributed by atoms with Crippen molar-refractivity contribution in [2.24, 2.45) is 5.73 Å². The Morgan fingerprint density at radius 2 is 2.00 bits per heavy atom. The van der Waals surface area contributed by atoms with Crippen molar-refractivity contribution in [2.75, 3.05) is 0 Å². The van der Waals surface area contributed by atoms with Crippen LogP contribution in [0, 0.1) is 15.9 Å². The first kappa shape index (κ1) is 13.0. The molecule has 0 spiro atoms. The predicted octanol–water partition coefficient (Wildman–Crippen LogP) is 2.94. The Kier molecular flexibility index (Phi) is 3.61. The van der Waals surface area contributed by atoms with E-state index in [1.165, 1.54) is 12.1 Å². The topological polar surface area (TPSA) is 69.2 Å². The Hall–Kier alpha value is -1.49. The minimum absolute atomic E-state index is 0.355. The first-order valence-electron chi connectivity index (χ1n) is 6.22. The molecule has 1 aromatic carbocycles. The summed E-state index contributed by atoms with van der Waals surface area (Å²) in [6, 6.07) is 4.29. The lowest BCUT2D eigenvalue weighted by atomic mass is 9.78.